The molecule has 1 saturated heterocycles. The SMILES string of the molecule is O=C(NCC12CC3CC(CC(C3)C1)C2)c1cccc2nc(C(=O)N3CC(O)C3)cn12. The van der Waals surface area contributed by atoms with Crippen molar-refractivity contribution in [3.8, 4) is 0 Å². The van der Waals surface area contributed by atoms with Gasteiger partial charge in [-0.25, -0.2) is 4.98 Å². The van der Waals surface area contributed by atoms with Crippen LogP contribution in [0.1, 0.15) is 59.5 Å². The molecule has 0 aromatic carbocycles. The molecule has 0 spiro atoms. The molecule has 4 aliphatic carbocycles. The highest BCUT2D eigenvalue weighted by atomic mass is 16.3. The second kappa shape index (κ2) is 6.54. The molecule has 3 heterocycles. The number of imidazole rings is 1. The predicted octanol–water partition coefficient (Wildman–Crippen LogP) is 2.10. The fraction of sp³-hybridized carbons (Fsp3) is 0.609. The highest BCUT2D eigenvalue weighted by molar-refractivity contribution is 5.96. The number of fused-ring (bicyclic) bond motifs is 1. The van der Waals surface area contributed by atoms with Crippen molar-refractivity contribution in [1.29, 1.82) is 0 Å². The minimum absolute atomic E-state index is 0.105. The van der Waals surface area contributed by atoms with Gasteiger partial charge in [-0.15, -0.1) is 0 Å². The topological polar surface area (TPSA) is 86.9 Å². The van der Waals surface area contributed by atoms with E-state index in [4.69, 9.17) is 0 Å². The van der Waals surface area contributed by atoms with Crippen LogP contribution in [0.25, 0.3) is 5.65 Å². The molecule has 2 aromatic rings. The third-order valence-corrected chi connectivity index (χ3v) is 7.88. The molecule has 2 aromatic heterocycles. The van der Waals surface area contributed by atoms with Crippen LogP contribution in [0.3, 0.4) is 0 Å². The number of pyridine rings is 1. The summed E-state index contributed by atoms with van der Waals surface area (Å²) in [4.78, 5) is 31.6. The monoisotopic (exact) mass is 408 g/mol. The zero-order chi connectivity index (χ0) is 20.5. The van der Waals surface area contributed by atoms with Crippen molar-refractivity contribution in [2.75, 3.05) is 19.6 Å². The van der Waals surface area contributed by atoms with Crippen LogP contribution in [0, 0.1) is 23.2 Å². The molecule has 7 heteroatoms. The molecule has 7 nitrogen and oxygen atoms in total. The Kier molecular flexibility index (Phi) is 4.01. The number of aliphatic hydroxyl groups excluding tert-OH is 1. The lowest BCUT2D eigenvalue weighted by atomic mass is 9.49. The van der Waals surface area contributed by atoms with Crippen LogP contribution in [0.15, 0.2) is 24.4 Å². The molecule has 2 amide bonds. The standard InChI is InChI=1S/C23H28N4O3/c28-17-10-26(11-17)22(30)18-12-27-19(2-1-3-20(27)25-18)21(29)24-13-23-7-14-4-15(8-23)6-16(5-14)9-23/h1-3,12,14-17,28H,4-11,13H2,(H,24,29). The summed E-state index contributed by atoms with van der Waals surface area (Å²) in [5, 5.41) is 12.7. The maximum absolute atomic E-state index is 13.1. The van der Waals surface area contributed by atoms with Crippen LogP contribution in [0.2, 0.25) is 0 Å². The lowest BCUT2D eigenvalue weighted by molar-refractivity contribution is -0.0503. The molecule has 1 aliphatic heterocycles. The Morgan fingerprint density at radius 3 is 2.40 bits per heavy atom. The van der Waals surface area contributed by atoms with E-state index >= 15 is 0 Å². The fourth-order valence-electron chi connectivity index (χ4n) is 6.95. The molecule has 4 saturated carbocycles. The summed E-state index contributed by atoms with van der Waals surface area (Å²) in [7, 11) is 0. The Morgan fingerprint density at radius 2 is 1.77 bits per heavy atom. The Balaban J connectivity index is 1.20. The highest BCUT2D eigenvalue weighted by Gasteiger charge is 2.50. The van der Waals surface area contributed by atoms with E-state index in [1.807, 2.05) is 6.07 Å². The molecule has 30 heavy (non-hydrogen) atoms. The first-order chi connectivity index (χ1) is 14.5. The largest absolute Gasteiger partial charge is 0.389 e. The number of nitrogens with one attached hydrogen (secondary N) is 1. The van der Waals surface area contributed by atoms with Gasteiger partial charge in [0.1, 0.15) is 17.0 Å². The minimum Gasteiger partial charge on any atom is -0.389 e. The van der Waals surface area contributed by atoms with Crippen LogP contribution in [-0.2, 0) is 0 Å². The quantitative estimate of drug-likeness (QED) is 0.811. The second-order valence-corrected chi connectivity index (χ2v) is 10.2. The molecular formula is C23H28N4O3. The van der Waals surface area contributed by atoms with Gasteiger partial charge in [0.05, 0.1) is 6.10 Å². The Labute approximate surface area is 175 Å². The van der Waals surface area contributed by atoms with Gasteiger partial charge in [0, 0.05) is 25.8 Å². The number of aromatic nitrogens is 2. The zero-order valence-electron chi connectivity index (χ0n) is 17.1. The summed E-state index contributed by atoms with van der Waals surface area (Å²) in [5.41, 5.74) is 1.68. The number of aliphatic hydroxyl groups is 1. The third-order valence-electron chi connectivity index (χ3n) is 7.88. The summed E-state index contributed by atoms with van der Waals surface area (Å²) < 4.78 is 1.71. The number of hydrogen-bond donors (Lipinski definition) is 2. The zero-order valence-corrected chi connectivity index (χ0v) is 17.1. The lowest BCUT2D eigenvalue weighted by Crippen LogP contribution is -2.53. The number of β-amino-alcohol motifs (C(OH)–C–C–N with tert-alkyl or cyclic N) is 1. The van der Waals surface area contributed by atoms with E-state index in [1.165, 1.54) is 38.5 Å². The van der Waals surface area contributed by atoms with Gasteiger partial charge in [-0.05, 0) is 73.8 Å². The maximum Gasteiger partial charge on any atom is 0.274 e. The molecule has 0 atom stereocenters. The molecule has 7 rings (SSSR count). The van der Waals surface area contributed by atoms with Crippen LogP contribution in [0.5, 0.6) is 0 Å². The molecule has 5 aliphatic rings. The molecule has 4 bridgehead atoms. The van der Waals surface area contributed by atoms with Crippen molar-refractivity contribution < 1.29 is 14.7 Å². The van der Waals surface area contributed by atoms with Crippen molar-refractivity contribution in [2.45, 2.75) is 44.6 Å². The van der Waals surface area contributed by atoms with E-state index in [0.29, 0.717) is 30.1 Å². The van der Waals surface area contributed by atoms with E-state index in [0.717, 1.165) is 24.3 Å². The summed E-state index contributed by atoms with van der Waals surface area (Å²) in [5.74, 6) is 2.27. The third kappa shape index (κ3) is 2.94. The van der Waals surface area contributed by atoms with Crippen molar-refractivity contribution >= 4 is 17.5 Å². The number of nitrogens with zero attached hydrogens (tertiary/aromatic N) is 3. The number of carbonyl (C=O) groups is 2. The highest BCUT2D eigenvalue weighted by Crippen LogP contribution is 2.59. The Morgan fingerprint density at radius 1 is 1.10 bits per heavy atom. The van der Waals surface area contributed by atoms with Crippen molar-refractivity contribution in [3.05, 3.63) is 35.8 Å². The Hall–Kier alpha value is -2.41. The summed E-state index contributed by atoms with van der Waals surface area (Å²) in [6.07, 6.45) is 9.16. The molecule has 0 unspecified atom stereocenters. The minimum atomic E-state index is -0.447. The van der Waals surface area contributed by atoms with Gasteiger partial charge < -0.3 is 15.3 Å². The van der Waals surface area contributed by atoms with Crippen LogP contribution >= 0.6 is 0 Å². The number of carbonyl (C=O) groups excluding carboxylic acids is 2. The summed E-state index contributed by atoms with van der Waals surface area (Å²) >= 11 is 0. The van der Waals surface area contributed by atoms with Crippen molar-refractivity contribution in [3.63, 3.8) is 0 Å². The van der Waals surface area contributed by atoms with E-state index < -0.39 is 6.10 Å². The van der Waals surface area contributed by atoms with Gasteiger partial charge in [0.2, 0.25) is 0 Å². The molecule has 2 N–H and O–H groups in total. The smallest absolute Gasteiger partial charge is 0.274 e. The summed E-state index contributed by atoms with van der Waals surface area (Å²) in [6.45, 7) is 1.42. The fourth-order valence-corrected chi connectivity index (χ4v) is 6.95. The molecule has 5 fully saturated rings. The molecule has 0 radical (unpaired) electrons. The van der Waals surface area contributed by atoms with Crippen LogP contribution < -0.4 is 5.32 Å². The van der Waals surface area contributed by atoms with E-state index in [1.54, 1.807) is 27.6 Å². The first kappa shape index (κ1) is 18.4. The van der Waals surface area contributed by atoms with Crippen LogP contribution in [-0.4, -0.2) is 56.9 Å². The Bertz CT molecular complexity index is 987. The molecular weight excluding hydrogens is 380 g/mol. The molecule has 158 valence electrons. The van der Waals surface area contributed by atoms with Crippen LogP contribution in [0.4, 0.5) is 0 Å². The average Bonchev–Trinajstić information content (AvgIpc) is 3.12. The van der Waals surface area contributed by atoms with E-state index in [9.17, 15) is 14.7 Å². The second-order valence-electron chi connectivity index (χ2n) is 10.2. The summed E-state index contributed by atoms with van der Waals surface area (Å²) in [6, 6.07) is 5.40. The maximum atomic E-state index is 13.1. The lowest BCUT2D eigenvalue weighted by Gasteiger charge is -2.56. The predicted molar refractivity (Wildman–Crippen MR) is 110 cm³/mol. The van der Waals surface area contributed by atoms with Gasteiger partial charge in [0.25, 0.3) is 11.8 Å². The number of likely N-dealkylation sites (tertiary alicyclic amines) is 1. The van der Waals surface area contributed by atoms with Gasteiger partial charge in [-0.1, -0.05) is 6.07 Å². The average molecular weight is 409 g/mol. The van der Waals surface area contributed by atoms with Gasteiger partial charge in [0.15, 0.2) is 0 Å². The van der Waals surface area contributed by atoms with Crippen molar-refractivity contribution in [1.82, 2.24) is 19.6 Å². The first-order valence-corrected chi connectivity index (χ1v) is 11.2. The number of amides is 2. The number of hydrogen-bond acceptors (Lipinski definition) is 4. The number of rotatable bonds is 4. The van der Waals surface area contributed by atoms with E-state index in [-0.39, 0.29) is 17.2 Å². The van der Waals surface area contributed by atoms with E-state index in [2.05, 4.69) is 10.3 Å². The van der Waals surface area contributed by atoms with Gasteiger partial charge in [-0.3, -0.25) is 14.0 Å². The normalized spacial score (nSPS) is 32.4. The first-order valence-electron chi connectivity index (χ1n) is 11.2. The van der Waals surface area contributed by atoms with Gasteiger partial charge >= 0.3 is 0 Å². The van der Waals surface area contributed by atoms with Gasteiger partial charge in [-0.2, -0.15) is 0 Å². The van der Waals surface area contributed by atoms with Crippen molar-refractivity contribution in [2.24, 2.45) is 23.2 Å².